The molecule has 0 spiro atoms. The average molecular weight is 362 g/mol. The molecular weight excluding hydrogens is 339 g/mol. The van der Waals surface area contributed by atoms with Crippen LogP contribution in [0, 0.1) is 0 Å². The Hall–Kier alpha value is -0.980. The van der Waals surface area contributed by atoms with Gasteiger partial charge >= 0.3 is 0 Å². The second-order valence-corrected chi connectivity index (χ2v) is 4.19. The van der Waals surface area contributed by atoms with Gasteiger partial charge in [-0.2, -0.15) is 0 Å². The third kappa shape index (κ3) is 6.09. The van der Waals surface area contributed by atoms with Crippen molar-refractivity contribution in [2.75, 3.05) is 25.5 Å². The SMILES string of the molecule is CCCNC(N)=NCc1cccc(N(C)C)c1.I. The van der Waals surface area contributed by atoms with Gasteiger partial charge in [-0.15, -0.1) is 24.0 Å². The monoisotopic (exact) mass is 362 g/mol. The van der Waals surface area contributed by atoms with E-state index < -0.39 is 0 Å². The van der Waals surface area contributed by atoms with Crippen molar-refractivity contribution in [1.29, 1.82) is 0 Å². The normalized spacial score (nSPS) is 10.7. The standard InChI is InChI=1S/C13H22N4.HI/c1-4-8-15-13(14)16-10-11-6-5-7-12(9-11)17(2)3;/h5-7,9H,4,8,10H2,1-3H3,(H3,14,15,16);1H. The number of hydrogen-bond acceptors (Lipinski definition) is 2. The van der Waals surface area contributed by atoms with Gasteiger partial charge in [0, 0.05) is 26.3 Å². The van der Waals surface area contributed by atoms with Crippen LogP contribution in [0.4, 0.5) is 5.69 Å². The maximum Gasteiger partial charge on any atom is 0.188 e. The van der Waals surface area contributed by atoms with Gasteiger partial charge in [0.25, 0.3) is 0 Å². The fourth-order valence-electron chi connectivity index (χ4n) is 1.42. The average Bonchev–Trinajstić information content (AvgIpc) is 2.34. The number of benzene rings is 1. The van der Waals surface area contributed by atoms with Gasteiger partial charge in [0.05, 0.1) is 6.54 Å². The highest BCUT2D eigenvalue weighted by Crippen LogP contribution is 2.13. The van der Waals surface area contributed by atoms with Crippen molar-refractivity contribution >= 4 is 35.6 Å². The van der Waals surface area contributed by atoms with E-state index in [1.807, 2.05) is 20.2 Å². The topological polar surface area (TPSA) is 53.6 Å². The number of guanidine groups is 1. The zero-order valence-corrected chi connectivity index (χ0v) is 13.6. The van der Waals surface area contributed by atoms with Crippen LogP contribution in [0.25, 0.3) is 0 Å². The molecule has 1 rings (SSSR count). The molecule has 5 heteroatoms. The van der Waals surface area contributed by atoms with Gasteiger partial charge in [-0.3, -0.25) is 0 Å². The Morgan fingerprint density at radius 3 is 2.72 bits per heavy atom. The Bertz CT molecular complexity index is 377. The summed E-state index contributed by atoms with van der Waals surface area (Å²) >= 11 is 0. The highest BCUT2D eigenvalue weighted by molar-refractivity contribution is 14.0. The van der Waals surface area contributed by atoms with Crippen LogP contribution in [0.1, 0.15) is 18.9 Å². The van der Waals surface area contributed by atoms with Crippen molar-refractivity contribution < 1.29 is 0 Å². The van der Waals surface area contributed by atoms with Gasteiger partial charge in [-0.1, -0.05) is 19.1 Å². The van der Waals surface area contributed by atoms with Crippen molar-refractivity contribution in [2.24, 2.45) is 10.7 Å². The van der Waals surface area contributed by atoms with Gasteiger partial charge in [0.2, 0.25) is 0 Å². The molecule has 0 amide bonds. The molecule has 0 atom stereocenters. The van der Waals surface area contributed by atoms with Gasteiger partial charge in [0.15, 0.2) is 5.96 Å². The number of anilines is 1. The van der Waals surface area contributed by atoms with Crippen molar-refractivity contribution in [2.45, 2.75) is 19.9 Å². The minimum Gasteiger partial charge on any atom is -0.378 e. The maximum absolute atomic E-state index is 5.73. The molecule has 0 fully saturated rings. The van der Waals surface area contributed by atoms with Crippen LogP contribution in [0.5, 0.6) is 0 Å². The molecule has 0 radical (unpaired) electrons. The fourth-order valence-corrected chi connectivity index (χ4v) is 1.42. The van der Waals surface area contributed by atoms with Gasteiger partial charge in [-0.05, 0) is 24.1 Å². The molecule has 0 aromatic heterocycles. The van der Waals surface area contributed by atoms with E-state index in [-0.39, 0.29) is 24.0 Å². The van der Waals surface area contributed by atoms with E-state index in [1.54, 1.807) is 0 Å². The van der Waals surface area contributed by atoms with E-state index >= 15 is 0 Å². The zero-order chi connectivity index (χ0) is 12.7. The van der Waals surface area contributed by atoms with Crippen LogP contribution in [0.3, 0.4) is 0 Å². The Balaban J connectivity index is 0.00000289. The predicted octanol–water partition coefficient (Wildman–Crippen LogP) is 2.18. The van der Waals surface area contributed by atoms with Crippen molar-refractivity contribution in [3.8, 4) is 0 Å². The summed E-state index contributed by atoms with van der Waals surface area (Å²) in [4.78, 5) is 6.37. The lowest BCUT2D eigenvalue weighted by atomic mass is 10.2. The molecule has 3 N–H and O–H groups in total. The van der Waals surface area contributed by atoms with Crippen LogP contribution in [-0.4, -0.2) is 26.6 Å². The molecule has 1 aromatic rings. The van der Waals surface area contributed by atoms with Crippen LogP contribution >= 0.6 is 24.0 Å². The molecule has 102 valence electrons. The minimum absolute atomic E-state index is 0. The Kier molecular flexibility index (Phi) is 8.53. The summed E-state index contributed by atoms with van der Waals surface area (Å²) in [5.41, 5.74) is 8.08. The quantitative estimate of drug-likeness (QED) is 0.480. The van der Waals surface area contributed by atoms with Crippen LogP contribution < -0.4 is 16.0 Å². The summed E-state index contributed by atoms with van der Waals surface area (Å²) < 4.78 is 0. The van der Waals surface area contributed by atoms with Crippen LogP contribution in [0.2, 0.25) is 0 Å². The number of hydrogen-bond donors (Lipinski definition) is 2. The number of nitrogens with two attached hydrogens (primary N) is 1. The molecule has 0 bridgehead atoms. The largest absolute Gasteiger partial charge is 0.378 e. The number of aliphatic imine (C=N–C) groups is 1. The first kappa shape index (κ1) is 17.0. The number of nitrogens with one attached hydrogen (secondary N) is 1. The summed E-state index contributed by atoms with van der Waals surface area (Å²) in [6, 6.07) is 8.29. The third-order valence-electron chi connectivity index (χ3n) is 2.42. The second kappa shape index (κ2) is 9.02. The molecule has 0 heterocycles. The lowest BCUT2D eigenvalue weighted by molar-refractivity contribution is 0.825. The number of rotatable bonds is 5. The van der Waals surface area contributed by atoms with Crippen LogP contribution in [0.15, 0.2) is 29.3 Å². The van der Waals surface area contributed by atoms with E-state index in [0.717, 1.165) is 18.5 Å². The summed E-state index contributed by atoms with van der Waals surface area (Å²) in [7, 11) is 4.05. The first-order chi connectivity index (χ1) is 8.13. The number of nitrogens with zero attached hydrogens (tertiary/aromatic N) is 2. The van der Waals surface area contributed by atoms with Crippen LogP contribution in [-0.2, 0) is 6.54 Å². The second-order valence-electron chi connectivity index (χ2n) is 4.19. The fraction of sp³-hybridized carbons (Fsp3) is 0.462. The highest BCUT2D eigenvalue weighted by Gasteiger charge is 1.97. The molecule has 0 aliphatic rings. The number of halogens is 1. The molecule has 0 saturated carbocycles. The van der Waals surface area contributed by atoms with E-state index in [0.29, 0.717) is 12.5 Å². The summed E-state index contributed by atoms with van der Waals surface area (Å²) in [5, 5.41) is 3.06. The first-order valence-electron chi connectivity index (χ1n) is 5.93. The molecular formula is C13H23IN4. The molecule has 4 nitrogen and oxygen atoms in total. The van der Waals surface area contributed by atoms with Gasteiger partial charge in [-0.25, -0.2) is 4.99 Å². The van der Waals surface area contributed by atoms with Gasteiger partial charge in [0.1, 0.15) is 0 Å². The molecule has 1 aromatic carbocycles. The summed E-state index contributed by atoms with van der Waals surface area (Å²) in [6.07, 6.45) is 1.05. The smallest absolute Gasteiger partial charge is 0.188 e. The third-order valence-corrected chi connectivity index (χ3v) is 2.42. The minimum atomic E-state index is 0. The van der Waals surface area contributed by atoms with E-state index in [1.165, 1.54) is 5.69 Å². The van der Waals surface area contributed by atoms with E-state index in [4.69, 9.17) is 5.73 Å². The van der Waals surface area contributed by atoms with Gasteiger partial charge < -0.3 is 16.0 Å². The Labute approximate surface area is 127 Å². The summed E-state index contributed by atoms with van der Waals surface area (Å²) in [5.74, 6) is 0.516. The van der Waals surface area contributed by atoms with E-state index in [9.17, 15) is 0 Å². The molecule has 18 heavy (non-hydrogen) atoms. The van der Waals surface area contributed by atoms with Crippen molar-refractivity contribution in [3.63, 3.8) is 0 Å². The molecule has 0 unspecified atom stereocenters. The maximum atomic E-state index is 5.73. The summed E-state index contributed by atoms with van der Waals surface area (Å²) in [6.45, 7) is 3.58. The Morgan fingerprint density at radius 1 is 1.39 bits per heavy atom. The first-order valence-corrected chi connectivity index (χ1v) is 5.93. The zero-order valence-electron chi connectivity index (χ0n) is 11.3. The highest BCUT2D eigenvalue weighted by atomic mass is 127. The Morgan fingerprint density at radius 2 is 2.11 bits per heavy atom. The molecule has 0 saturated heterocycles. The van der Waals surface area contributed by atoms with Crippen molar-refractivity contribution in [1.82, 2.24) is 5.32 Å². The lowest BCUT2D eigenvalue weighted by Crippen LogP contribution is -2.32. The predicted molar refractivity (Wildman–Crippen MR) is 89.8 cm³/mol. The van der Waals surface area contributed by atoms with E-state index in [2.05, 4.69) is 40.3 Å². The molecule has 0 aliphatic carbocycles. The molecule has 0 aliphatic heterocycles. The van der Waals surface area contributed by atoms with Crippen molar-refractivity contribution in [3.05, 3.63) is 29.8 Å². The lowest BCUT2D eigenvalue weighted by Gasteiger charge is -2.13.